The Bertz CT molecular complexity index is 765. The van der Waals surface area contributed by atoms with Gasteiger partial charge in [-0.3, -0.25) is 9.78 Å². The molecule has 2 heterocycles. The summed E-state index contributed by atoms with van der Waals surface area (Å²) >= 11 is 6.29. The van der Waals surface area contributed by atoms with Crippen molar-refractivity contribution in [2.45, 2.75) is 37.8 Å². The van der Waals surface area contributed by atoms with E-state index in [1.807, 2.05) is 0 Å². The maximum Gasteiger partial charge on any atom is 0.241 e. The molecule has 0 spiro atoms. The summed E-state index contributed by atoms with van der Waals surface area (Å²) in [5.74, 6) is 1.98. The number of ether oxygens (including phenoxy) is 1. The van der Waals surface area contributed by atoms with Crippen LogP contribution in [0.15, 0.2) is 42.7 Å². The Morgan fingerprint density at radius 3 is 2.68 bits per heavy atom. The molecule has 2 aliphatic rings. The zero-order chi connectivity index (χ0) is 17.2. The second kappa shape index (κ2) is 7.02. The smallest absolute Gasteiger partial charge is 0.241 e. The number of pyridine rings is 1. The third-order valence-electron chi connectivity index (χ3n) is 4.77. The second-order valence-electron chi connectivity index (χ2n) is 6.66. The molecule has 2 N–H and O–H groups in total. The van der Waals surface area contributed by atoms with Crippen LogP contribution in [-0.2, 0) is 4.79 Å². The number of nitrogens with zero attached hydrogens (tertiary/aromatic N) is 1. The van der Waals surface area contributed by atoms with Gasteiger partial charge in [-0.15, -0.1) is 0 Å². The van der Waals surface area contributed by atoms with Crippen molar-refractivity contribution in [3.05, 3.63) is 47.7 Å². The number of carbonyl (C=O) groups excluding carboxylic acids is 1. The molecule has 4 rings (SSSR count). The van der Waals surface area contributed by atoms with Crippen molar-refractivity contribution < 1.29 is 9.53 Å². The summed E-state index contributed by atoms with van der Waals surface area (Å²) in [7, 11) is 0. The highest BCUT2D eigenvalue weighted by molar-refractivity contribution is 6.32. The molecule has 1 saturated carbocycles. The van der Waals surface area contributed by atoms with Crippen LogP contribution in [0.1, 0.15) is 25.7 Å². The molecule has 130 valence electrons. The lowest BCUT2D eigenvalue weighted by Gasteiger charge is -2.15. The fourth-order valence-corrected chi connectivity index (χ4v) is 3.49. The van der Waals surface area contributed by atoms with Crippen LogP contribution in [0.25, 0.3) is 0 Å². The molecule has 1 aromatic heterocycles. The predicted molar refractivity (Wildman–Crippen MR) is 97.1 cm³/mol. The third kappa shape index (κ3) is 3.94. The van der Waals surface area contributed by atoms with E-state index in [0.717, 1.165) is 18.8 Å². The minimum Gasteiger partial charge on any atom is -0.456 e. The molecule has 2 fully saturated rings. The Hall–Kier alpha value is -2.11. The average Bonchev–Trinajstić information content (AvgIpc) is 3.35. The van der Waals surface area contributed by atoms with Gasteiger partial charge < -0.3 is 15.4 Å². The van der Waals surface area contributed by atoms with Gasteiger partial charge in [0.2, 0.25) is 5.91 Å². The standard InChI is InChI=1S/C19H20ClN3O2/c20-15-11-13(3-6-18(15)25-14-7-9-21-10-8-14)22-19(24)17-5-4-16(23-17)12-1-2-12/h3,6-12,16-17,23H,1-2,4-5H2,(H,22,24). The molecule has 0 bridgehead atoms. The van der Waals surface area contributed by atoms with E-state index in [1.54, 1.807) is 42.7 Å². The number of aromatic nitrogens is 1. The van der Waals surface area contributed by atoms with E-state index in [2.05, 4.69) is 15.6 Å². The normalized spacial score (nSPS) is 22.6. The van der Waals surface area contributed by atoms with Crippen LogP contribution in [0, 0.1) is 5.92 Å². The first-order valence-corrected chi connectivity index (χ1v) is 9.01. The third-order valence-corrected chi connectivity index (χ3v) is 5.06. The van der Waals surface area contributed by atoms with E-state index in [0.29, 0.717) is 28.3 Å². The monoisotopic (exact) mass is 357 g/mol. The Labute approximate surface area is 151 Å². The Kier molecular flexibility index (Phi) is 4.59. The predicted octanol–water partition coefficient (Wildman–Crippen LogP) is 4.00. The van der Waals surface area contributed by atoms with E-state index in [1.165, 1.54) is 12.8 Å². The summed E-state index contributed by atoms with van der Waals surface area (Å²) in [5.41, 5.74) is 0.675. The molecule has 5 nitrogen and oxygen atoms in total. The molecular weight excluding hydrogens is 338 g/mol. The van der Waals surface area contributed by atoms with Crippen molar-refractivity contribution in [1.82, 2.24) is 10.3 Å². The number of halogens is 1. The number of hydrogen-bond acceptors (Lipinski definition) is 4. The van der Waals surface area contributed by atoms with E-state index in [9.17, 15) is 4.79 Å². The lowest BCUT2D eigenvalue weighted by atomic mass is 10.1. The molecule has 1 aliphatic heterocycles. The van der Waals surface area contributed by atoms with E-state index in [4.69, 9.17) is 16.3 Å². The Balaban J connectivity index is 1.38. The number of benzene rings is 1. The summed E-state index contributed by atoms with van der Waals surface area (Å²) in [5, 5.41) is 6.85. The zero-order valence-electron chi connectivity index (χ0n) is 13.7. The highest BCUT2D eigenvalue weighted by Crippen LogP contribution is 2.37. The number of hydrogen-bond donors (Lipinski definition) is 2. The molecule has 1 amide bonds. The fourth-order valence-electron chi connectivity index (χ4n) is 3.27. The highest BCUT2D eigenvalue weighted by atomic mass is 35.5. The minimum atomic E-state index is -0.114. The number of nitrogens with one attached hydrogen (secondary N) is 2. The first-order valence-electron chi connectivity index (χ1n) is 8.63. The summed E-state index contributed by atoms with van der Waals surface area (Å²) in [6.45, 7) is 0. The van der Waals surface area contributed by atoms with E-state index < -0.39 is 0 Å². The van der Waals surface area contributed by atoms with Gasteiger partial charge in [-0.05, 0) is 61.9 Å². The van der Waals surface area contributed by atoms with Gasteiger partial charge in [-0.2, -0.15) is 0 Å². The lowest BCUT2D eigenvalue weighted by Crippen LogP contribution is -2.39. The molecule has 2 atom stereocenters. The van der Waals surface area contributed by atoms with Gasteiger partial charge in [0.05, 0.1) is 11.1 Å². The molecule has 0 radical (unpaired) electrons. The van der Waals surface area contributed by atoms with Crippen LogP contribution in [0.4, 0.5) is 5.69 Å². The van der Waals surface area contributed by atoms with Crippen molar-refractivity contribution >= 4 is 23.2 Å². The zero-order valence-corrected chi connectivity index (χ0v) is 14.5. The van der Waals surface area contributed by atoms with Gasteiger partial charge in [-0.25, -0.2) is 0 Å². The van der Waals surface area contributed by atoms with E-state index >= 15 is 0 Å². The molecule has 1 saturated heterocycles. The Morgan fingerprint density at radius 1 is 1.16 bits per heavy atom. The minimum absolute atomic E-state index is 0.00187. The number of rotatable bonds is 5. The van der Waals surface area contributed by atoms with Crippen molar-refractivity contribution in [2.24, 2.45) is 5.92 Å². The molecule has 2 aromatic rings. The molecule has 2 unspecified atom stereocenters. The molecular formula is C19H20ClN3O2. The summed E-state index contributed by atoms with van der Waals surface area (Å²) < 4.78 is 5.72. The maximum absolute atomic E-state index is 12.4. The largest absolute Gasteiger partial charge is 0.456 e. The summed E-state index contributed by atoms with van der Waals surface area (Å²) in [6, 6.07) is 9.18. The van der Waals surface area contributed by atoms with Crippen LogP contribution in [0.5, 0.6) is 11.5 Å². The van der Waals surface area contributed by atoms with Crippen molar-refractivity contribution in [1.29, 1.82) is 0 Å². The SMILES string of the molecule is O=C(Nc1ccc(Oc2ccncc2)c(Cl)c1)C1CCC(C2CC2)N1. The van der Waals surface area contributed by atoms with Crippen LogP contribution in [0.2, 0.25) is 5.02 Å². The van der Waals surface area contributed by atoms with Gasteiger partial charge in [-0.1, -0.05) is 11.6 Å². The van der Waals surface area contributed by atoms with Gasteiger partial charge >= 0.3 is 0 Å². The highest BCUT2D eigenvalue weighted by Gasteiger charge is 2.38. The Morgan fingerprint density at radius 2 is 1.96 bits per heavy atom. The first kappa shape index (κ1) is 16.4. The van der Waals surface area contributed by atoms with Gasteiger partial charge in [0.25, 0.3) is 0 Å². The van der Waals surface area contributed by atoms with Crippen molar-refractivity contribution in [3.63, 3.8) is 0 Å². The number of amides is 1. The average molecular weight is 358 g/mol. The van der Waals surface area contributed by atoms with Gasteiger partial charge in [0.15, 0.2) is 0 Å². The topological polar surface area (TPSA) is 63.2 Å². The van der Waals surface area contributed by atoms with E-state index in [-0.39, 0.29) is 11.9 Å². The van der Waals surface area contributed by atoms with Crippen LogP contribution in [-0.4, -0.2) is 23.0 Å². The molecule has 25 heavy (non-hydrogen) atoms. The maximum atomic E-state index is 12.4. The molecule has 6 heteroatoms. The second-order valence-corrected chi connectivity index (χ2v) is 7.07. The van der Waals surface area contributed by atoms with Crippen molar-refractivity contribution in [3.8, 4) is 11.5 Å². The quantitative estimate of drug-likeness (QED) is 0.849. The first-order chi connectivity index (χ1) is 12.2. The summed E-state index contributed by atoms with van der Waals surface area (Å²) in [6.07, 6.45) is 7.87. The number of anilines is 1. The van der Waals surface area contributed by atoms with Crippen molar-refractivity contribution in [2.75, 3.05) is 5.32 Å². The van der Waals surface area contributed by atoms with Gasteiger partial charge in [0.1, 0.15) is 11.5 Å². The number of carbonyl (C=O) groups is 1. The summed E-state index contributed by atoms with van der Waals surface area (Å²) in [4.78, 5) is 16.4. The molecule has 1 aliphatic carbocycles. The van der Waals surface area contributed by atoms with Gasteiger partial charge in [0, 0.05) is 24.1 Å². The van der Waals surface area contributed by atoms with Crippen LogP contribution in [0.3, 0.4) is 0 Å². The lowest BCUT2D eigenvalue weighted by molar-refractivity contribution is -0.117. The van der Waals surface area contributed by atoms with Crippen LogP contribution < -0.4 is 15.4 Å². The fraction of sp³-hybridized carbons (Fsp3) is 0.368. The molecule has 1 aromatic carbocycles. The van der Waals surface area contributed by atoms with Crippen LogP contribution >= 0.6 is 11.6 Å².